The third kappa shape index (κ3) is 17.6. The summed E-state index contributed by atoms with van der Waals surface area (Å²) >= 11 is 0. The van der Waals surface area contributed by atoms with E-state index in [1.165, 1.54) is 12.2 Å². The molecule has 2 N–H and O–H groups in total. The summed E-state index contributed by atoms with van der Waals surface area (Å²) in [7, 11) is 0. The van der Waals surface area contributed by atoms with Gasteiger partial charge in [-0.1, -0.05) is 83.1 Å². The number of carbonyl (C=O) groups is 2. The molecule has 0 amide bonds. The van der Waals surface area contributed by atoms with Crippen molar-refractivity contribution in [3.05, 3.63) is 38.5 Å². The Hall–Kier alpha value is -0.957. The molecule has 0 aromatic rings. The van der Waals surface area contributed by atoms with Crippen LogP contribution in [0.3, 0.4) is 0 Å². The molecule has 0 fully saturated rings. The van der Waals surface area contributed by atoms with Crippen LogP contribution in [0.4, 0.5) is 0 Å². The SMILES string of the molecule is CC(C)(C)C(=O)/C=C(\O)C(C)(C)C.CC(C)(C)C(=O)/C=C(\O)C(C)(C)C.[CH3-].[CH3-].[Ru+2]. The van der Waals surface area contributed by atoms with Crippen LogP contribution in [0, 0.1) is 36.5 Å². The van der Waals surface area contributed by atoms with Gasteiger partial charge in [0, 0.05) is 33.8 Å². The smallest absolute Gasteiger partial charge is 0.512 e. The van der Waals surface area contributed by atoms with E-state index in [1.807, 2.05) is 83.1 Å². The van der Waals surface area contributed by atoms with Gasteiger partial charge in [-0.3, -0.25) is 9.59 Å². The largest absolute Gasteiger partial charge is 2.00 e. The second-order valence-corrected chi connectivity index (χ2v) is 10.8. The molecular weight excluding hydrogens is 453 g/mol. The standard InChI is InChI=1S/2C11H20O2.2CH3.Ru/c2*1-10(2,3)8(12)7-9(13)11(4,5)6;;;/h2*7,12H,1-6H3;2*1H3;/q;;2*-1;+2/b2*8-7-;;;. The molecule has 0 aliphatic heterocycles. The molecule has 5 heteroatoms. The quantitative estimate of drug-likeness (QED) is 0.184. The number of hydrogen-bond acceptors (Lipinski definition) is 4. The average molecular weight is 500 g/mol. The molecule has 0 heterocycles. The van der Waals surface area contributed by atoms with Gasteiger partial charge in [-0.15, -0.1) is 0 Å². The summed E-state index contributed by atoms with van der Waals surface area (Å²) < 4.78 is 0. The number of carbonyl (C=O) groups excluding carboxylic acids is 2. The summed E-state index contributed by atoms with van der Waals surface area (Å²) in [6, 6.07) is 0. The van der Waals surface area contributed by atoms with Crippen LogP contribution < -0.4 is 0 Å². The van der Waals surface area contributed by atoms with Crippen molar-refractivity contribution in [3.63, 3.8) is 0 Å². The molecule has 0 saturated carbocycles. The number of hydrogen-bond donors (Lipinski definition) is 2. The first-order valence-corrected chi connectivity index (χ1v) is 9.01. The van der Waals surface area contributed by atoms with Gasteiger partial charge in [-0.05, 0) is 0 Å². The molecule has 0 rings (SSSR count). The van der Waals surface area contributed by atoms with Crippen LogP contribution in [-0.2, 0) is 29.1 Å². The maximum absolute atomic E-state index is 11.5. The first-order chi connectivity index (χ1) is 11.1. The third-order valence-corrected chi connectivity index (χ3v) is 3.55. The predicted molar refractivity (Wildman–Crippen MR) is 122 cm³/mol. The zero-order valence-electron chi connectivity index (χ0n) is 21.2. The molecule has 29 heavy (non-hydrogen) atoms. The molecule has 4 nitrogen and oxygen atoms in total. The number of allylic oxidation sites excluding steroid dienone is 4. The average Bonchev–Trinajstić information content (AvgIpc) is 2.34. The topological polar surface area (TPSA) is 74.6 Å². The van der Waals surface area contributed by atoms with Gasteiger partial charge in [-0.25, -0.2) is 0 Å². The Morgan fingerprint density at radius 1 is 0.517 bits per heavy atom. The van der Waals surface area contributed by atoms with Crippen molar-refractivity contribution < 1.29 is 39.3 Å². The van der Waals surface area contributed by atoms with E-state index in [9.17, 15) is 19.8 Å². The van der Waals surface area contributed by atoms with Crippen LogP contribution in [-0.4, -0.2) is 21.8 Å². The van der Waals surface area contributed by atoms with Gasteiger partial charge in [0.05, 0.1) is 0 Å². The molecule has 0 unspecified atom stereocenters. The molecule has 0 aliphatic carbocycles. The predicted octanol–water partition coefficient (Wildman–Crippen LogP) is 7.08. The van der Waals surface area contributed by atoms with Crippen molar-refractivity contribution in [2.45, 2.75) is 83.1 Å². The second-order valence-electron chi connectivity index (χ2n) is 10.8. The van der Waals surface area contributed by atoms with E-state index in [4.69, 9.17) is 0 Å². The number of aliphatic hydroxyl groups excluding tert-OH is 2. The molecule has 0 atom stereocenters. The van der Waals surface area contributed by atoms with E-state index in [0.717, 1.165) is 0 Å². The normalized spacial score (nSPS) is 13.0. The second kappa shape index (κ2) is 13.4. The summed E-state index contributed by atoms with van der Waals surface area (Å²) in [5.74, 6) is 0.208. The number of rotatable bonds is 2. The molecule has 0 saturated heterocycles. The zero-order valence-corrected chi connectivity index (χ0v) is 23.0. The first kappa shape index (κ1) is 38.6. The fourth-order valence-electron chi connectivity index (χ4n) is 1.11. The maximum Gasteiger partial charge on any atom is 2.00 e. The van der Waals surface area contributed by atoms with Crippen molar-refractivity contribution in [3.8, 4) is 0 Å². The molecule has 0 radical (unpaired) electrons. The summed E-state index contributed by atoms with van der Waals surface area (Å²) in [6.45, 7) is 22.2. The molecule has 174 valence electrons. The summed E-state index contributed by atoms with van der Waals surface area (Å²) in [6.07, 6.45) is 2.67. The van der Waals surface area contributed by atoms with Gasteiger partial charge in [0.15, 0.2) is 11.6 Å². The summed E-state index contributed by atoms with van der Waals surface area (Å²) in [4.78, 5) is 23.0. The minimum atomic E-state index is -0.417. The van der Waals surface area contributed by atoms with E-state index >= 15 is 0 Å². The Kier molecular flexibility index (Phi) is 17.8. The van der Waals surface area contributed by atoms with E-state index in [0.29, 0.717) is 0 Å². The van der Waals surface area contributed by atoms with Crippen LogP contribution in [0.2, 0.25) is 0 Å². The van der Waals surface area contributed by atoms with Gasteiger partial charge in [0.2, 0.25) is 0 Å². The Balaban J connectivity index is -0.000000120. The Morgan fingerprint density at radius 2 is 0.690 bits per heavy atom. The summed E-state index contributed by atoms with van der Waals surface area (Å²) in [5.41, 5.74) is -1.53. The zero-order chi connectivity index (χ0) is 21.7. The van der Waals surface area contributed by atoms with Crippen LogP contribution in [0.1, 0.15) is 83.1 Å². The van der Waals surface area contributed by atoms with Crippen LogP contribution in [0.25, 0.3) is 0 Å². The molecule has 0 aromatic carbocycles. The van der Waals surface area contributed by atoms with E-state index < -0.39 is 10.8 Å². The number of aliphatic hydroxyl groups is 2. The van der Waals surface area contributed by atoms with Gasteiger partial charge >= 0.3 is 19.5 Å². The fourth-order valence-corrected chi connectivity index (χ4v) is 1.11. The minimum absolute atomic E-state index is 0. The monoisotopic (exact) mass is 500 g/mol. The van der Waals surface area contributed by atoms with E-state index in [2.05, 4.69) is 0 Å². The van der Waals surface area contributed by atoms with Gasteiger partial charge in [-0.2, -0.15) is 0 Å². The van der Waals surface area contributed by atoms with Gasteiger partial charge in [0.1, 0.15) is 11.5 Å². The Labute approximate surface area is 194 Å². The van der Waals surface area contributed by atoms with Crippen molar-refractivity contribution in [1.29, 1.82) is 0 Å². The fraction of sp³-hybridized carbons (Fsp3) is 0.667. The van der Waals surface area contributed by atoms with E-state index in [1.54, 1.807) is 0 Å². The molecule has 0 spiro atoms. The molecular formula is C24H46O4Ru. The van der Waals surface area contributed by atoms with Crippen molar-refractivity contribution in [2.75, 3.05) is 0 Å². The molecule has 0 aliphatic rings. The van der Waals surface area contributed by atoms with Gasteiger partial charge in [0.25, 0.3) is 0 Å². The molecule has 0 bridgehead atoms. The summed E-state index contributed by atoms with van der Waals surface area (Å²) in [5, 5.41) is 19.1. The van der Waals surface area contributed by atoms with Crippen LogP contribution in [0.15, 0.2) is 23.7 Å². The molecule has 0 aromatic heterocycles. The Bertz CT molecular complexity index is 506. The minimum Gasteiger partial charge on any atom is -0.512 e. The number of ketones is 2. The van der Waals surface area contributed by atoms with Crippen molar-refractivity contribution in [1.82, 2.24) is 0 Å². The van der Waals surface area contributed by atoms with Crippen LogP contribution in [0.5, 0.6) is 0 Å². The third-order valence-electron chi connectivity index (χ3n) is 3.55. The van der Waals surface area contributed by atoms with Crippen LogP contribution >= 0.6 is 0 Å². The van der Waals surface area contributed by atoms with Crippen molar-refractivity contribution in [2.24, 2.45) is 21.7 Å². The van der Waals surface area contributed by atoms with Gasteiger partial charge < -0.3 is 25.1 Å². The van der Waals surface area contributed by atoms with E-state index in [-0.39, 0.29) is 68.2 Å². The van der Waals surface area contributed by atoms with Crippen molar-refractivity contribution >= 4 is 11.6 Å². The first-order valence-electron chi connectivity index (χ1n) is 9.01. The Morgan fingerprint density at radius 3 is 0.793 bits per heavy atom. The maximum atomic E-state index is 11.5.